The highest BCUT2D eigenvalue weighted by atomic mass is 16.5. The molecule has 0 aliphatic rings. The molecule has 0 saturated carbocycles. The van der Waals surface area contributed by atoms with Crippen molar-refractivity contribution < 1.29 is 9.47 Å². The lowest BCUT2D eigenvalue weighted by atomic mass is 10.1. The zero-order valence-electron chi connectivity index (χ0n) is 14.7. The largest absolute Gasteiger partial charge is 0.496 e. The van der Waals surface area contributed by atoms with Gasteiger partial charge in [-0.05, 0) is 18.6 Å². The highest BCUT2D eigenvalue weighted by Gasteiger charge is 2.14. The van der Waals surface area contributed by atoms with Crippen LogP contribution in [0.1, 0.15) is 6.42 Å². The number of methoxy groups -OCH3 is 2. The summed E-state index contributed by atoms with van der Waals surface area (Å²) in [6, 6.07) is 5.81. The Hall–Kier alpha value is -3.13. The van der Waals surface area contributed by atoms with Crippen molar-refractivity contribution in [2.75, 3.05) is 26.1 Å². The summed E-state index contributed by atoms with van der Waals surface area (Å²) in [7, 11) is 3.36. The molecule has 0 atom stereocenters. The van der Waals surface area contributed by atoms with Gasteiger partial charge in [0.15, 0.2) is 5.82 Å². The molecule has 134 valence electrons. The van der Waals surface area contributed by atoms with Crippen LogP contribution in [-0.2, 0) is 11.3 Å². The van der Waals surface area contributed by atoms with Crippen molar-refractivity contribution in [3.8, 4) is 5.75 Å². The zero-order valence-corrected chi connectivity index (χ0v) is 14.7. The summed E-state index contributed by atoms with van der Waals surface area (Å²) in [6.07, 6.45) is 6.44. The number of nitrogens with one attached hydrogen (secondary N) is 2. The summed E-state index contributed by atoms with van der Waals surface area (Å²) in [5, 5.41) is 16.8. The fraction of sp³-hybridized carbons (Fsp3) is 0.278. The molecular weight excluding hydrogens is 332 g/mol. The van der Waals surface area contributed by atoms with Gasteiger partial charge in [-0.25, -0.2) is 4.98 Å². The van der Waals surface area contributed by atoms with E-state index in [-0.39, 0.29) is 0 Å². The minimum Gasteiger partial charge on any atom is -0.496 e. The molecule has 0 saturated heterocycles. The number of fused-ring (bicyclic) bond motifs is 3. The van der Waals surface area contributed by atoms with Crippen LogP contribution >= 0.6 is 0 Å². The smallest absolute Gasteiger partial charge is 0.157 e. The molecule has 8 nitrogen and oxygen atoms in total. The van der Waals surface area contributed by atoms with Gasteiger partial charge in [0.25, 0.3) is 0 Å². The Morgan fingerprint density at radius 3 is 3.00 bits per heavy atom. The van der Waals surface area contributed by atoms with Gasteiger partial charge < -0.3 is 14.8 Å². The van der Waals surface area contributed by atoms with Crippen molar-refractivity contribution >= 4 is 33.3 Å². The number of aryl methyl sites for hydroxylation is 1. The van der Waals surface area contributed by atoms with Crippen molar-refractivity contribution in [2.45, 2.75) is 13.0 Å². The minimum atomic E-state index is 0.703. The van der Waals surface area contributed by atoms with Gasteiger partial charge in [0.1, 0.15) is 11.3 Å². The number of aromatic nitrogens is 5. The first-order chi connectivity index (χ1) is 12.8. The van der Waals surface area contributed by atoms with Crippen molar-refractivity contribution in [3.63, 3.8) is 0 Å². The Bertz CT molecular complexity index is 1040. The number of nitrogens with zero attached hydrogens (tertiary/aromatic N) is 4. The van der Waals surface area contributed by atoms with Crippen molar-refractivity contribution in [1.82, 2.24) is 25.0 Å². The number of pyridine rings is 1. The van der Waals surface area contributed by atoms with E-state index in [9.17, 15) is 0 Å². The molecule has 2 N–H and O–H groups in total. The topological polar surface area (TPSA) is 89.9 Å². The van der Waals surface area contributed by atoms with Crippen molar-refractivity contribution in [3.05, 3.63) is 36.8 Å². The summed E-state index contributed by atoms with van der Waals surface area (Å²) < 4.78 is 12.4. The van der Waals surface area contributed by atoms with E-state index in [0.717, 1.165) is 46.2 Å². The van der Waals surface area contributed by atoms with Crippen molar-refractivity contribution in [1.29, 1.82) is 0 Å². The lowest BCUT2D eigenvalue weighted by Gasteiger charge is -2.09. The third-order valence-electron chi connectivity index (χ3n) is 4.23. The second-order valence-electron chi connectivity index (χ2n) is 5.94. The predicted molar refractivity (Wildman–Crippen MR) is 99.9 cm³/mol. The zero-order chi connectivity index (χ0) is 17.9. The van der Waals surface area contributed by atoms with Gasteiger partial charge in [0.2, 0.25) is 0 Å². The maximum absolute atomic E-state index is 5.49. The first-order valence-corrected chi connectivity index (χ1v) is 8.38. The Morgan fingerprint density at radius 2 is 2.15 bits per heavy atom. The second kappa shape index (κ2) is 7.01. The van der Waals surface area contributed by atoms with Gasteiger partial charge in [-0.2, -0.15) is 10.2 Å². The monoisotopic (exact) mass is 352 g/mol. The second-order valence-corrected chi connectivity index (χ2v) is 5.94. The number of benzene rings is 1. The number of aromatic amines is 1. The van der Waals surface area contributed by atoms with Crippen molar-refractivity contribution in [2.24, 2.45) is 0 Å². The molecule has 0 unspecified atom stereocenters. The number of hydrogen-bond donors (Lipinski definition) is 2. The summed E-state index contributed by atoms with van der Waals surface area (Å²) in [5.74, 6) is 1.48. The summed E-state index contributed by atoms with van der Waals surface area (Å²) in [4.78, 5) is 4.74. The third-order valence-corrected chi connectivity index (χ3v) is 4.23. The first kappa shape index (κ1) is 16.3. The number of anilines is 2. The molecule has 0 aliphatic heterocycles. The first-order valence-electron chi connectivity index (χ1n) is 8.38. The molecule has 0 fully saturated rings. The Morgan fingerprint density at radius 1 is 1.23 bits per heavy atom. The lowest BCUT2D eigenvalue weighted by molar-refractivity contribution is 0.189. The van der Waals surface area contributed by atoms with Crippen LogP contribution in [0.3, 0.4) is 0 Å². The van der Waals surface area contributed by atoms with E-state index < -0.39 is 0 Å². The summed E-state index contributed by atoms with van der Waals surface area (Å²) in [6.45, 7) is 1.52. The molecule has 26 heavy (non-hydrogen) atoms. The molecule has 3 heterocycles. The molecule has 3 aromatic heterocycles. The fourth-order valence-corrected chi connectivity index (χ4v) is 3.03. The standard InChI is InChI=1S/C18H20N6O2/c1-25-8-4-7-24-11-12(9-20-24)21-18-17-13(10-19-23-17)16-14(22-18)5-3-6-15(16)26-2/h3,5-6,9-11H,4,7-8H2,1-2H3,(H,19,23)(H,21,22). The summed E-state index contributed by atoms with van der Waals surface area (Å²) in [5.41, 5.74) is 2.54. The maximum Gasteiger partial charge on any atom is 0.157 e. The van der Waals surface area contributed by atoms with Crippen LogP contribution < -0.4 is 10.1 Å². The Kier molecular flexibility index (Phi) is 4.40. The van der Waals surface area contributed by atoms with Crippen LogP contribution in [0.4, 0.5) is 11.5 Å². The SMILES string of the molecule is COCCCn1cc(Nc2nc3cccc(OC)c3c3cn[nH]c23)cn1. The number of hydrogen-bond acceptors (Lipinski definition) is 6. The van der Waals surface area contributed by atoms with E-state index in [1.54, 1.807) is 26.6 Å². The lowest BCUT2D eigenvalue weighted by Crippen LogP contribution is -2.01. The van der Waals surface area contributed by atoms with Crippen LogP contribution in [-0.4, -0.2) is 45.8 Å². The normalized spacial score (nSPS) is 11.3. The summed E-state index contributed by atoms with van der Waals surface area (Å²) >= 11 is 0. The Labute approximate surface area is 150 Å². The van der Waals surface area contributed by atoms with Gasteiger partial charge in [-0.3, -0.25) is 9.78 Å². The highest BCUT2D eigenvalue weighted by Crippen LogP contribution is 2.34. The molecule has 0 radical (unpaired) electrons. The Balaban J connectivity index is 1.69. The van der Waals surface area contributed by atoms with E-state index in [1.807, 2.05) is 29.1 Å². The average molecular weight is 352 g/mol. The van der Waals surface area contributed by atoms with E-state index in [4.69, 9.17) is 14.5 Å². The third kappa shape index (κ3) is 2.95. The van der Waals surface area contributed by atoms with Gasteiger partial charge in [-0.15, -0.1) is 0 Å². The molecule has 0 bridgehead atoms. The molecule has 1 aromatic carbocycles. The molecule has 4 rings (SSSR count). The van der Waals surface area contributed by atoms with Crippen LogP contribution in [0.15, 0.2) is 36.8 Å². The van der Waals surface area contributed by atoms with E-state index in [1.165, 1.54) is 0 Å². The van der Waals surface area contributed by atoms with Gasteiger partial charge in [-0.1, -0.05) is 6.07 Å². The quantitative estimate of drug-likeness (QED) is 0.497. The molecule has 0 spiro atoms. The molecule has 4 aromatic rings. The van der Waals surface area contributed by atoms with E-state index >= 15 is 0 Å². The van der Waals surface area contributed by atoms with E-state index in [0.29, 0.717) is 12.4 Å². The van der Waals surface area contributed by atoms with E-state index in [2.05, 4.69) is 20.6 Å². The number of H-pyrrole nitrogens is 1. The molecular formula is C18H20N6O2. The number of rotatable bonds is 7. The van der Waals surface area contributed by atoms with Gasteiger partial charge in [0, 0.05) is 31.8 Å². The van der Waals surface area contributed by atoms with Crippen LogP contribution in [0, 0.1) is 0 Å². The minimum absolute atomic E-state index is 0.703. The van der Waals surface area contributed by atoms with Crippen LogP contribution in [0.2, 0.25) is 0 Å². The fourth-order valence-electron chi connectivity index (χ4n) is 3.03. The highest BCUT2D eigenvalue weighted by molar-refractivity contribution is 6.11. The van der Waals surface area contributed by atoms with Gasteiger partial charge >= 0.3 is 0 Å². The molecule has 0 aliphatic carbocycles. The number of ether oxygens (including phenoxy) is 2. The predicted octanol–water partition coefficient (Wildman–Crippen LogP) is 3.10. The van der Waals surface area contributed by atoms with Gasteiger partial charge in [0.05, 0.1) is 36.1 Å². The molecule has 8 heteroatoms. The van der Waals surface area contributed by atoms with Crippen LogP contribution in [0.5, 0.6) is 5.75 Å². The maximum atomic E-state index is 5.49. The van der Waals surface area contributed by atoms with Crippen LogP contribution in [0.25, 0.3) is 21.8 Å². The average Bonchev–Trinajstić information content (AvgIpc) is 3.31. The molecule has 0 amide bonds.